The summed E-state index contributed by atoms with van der Waals surface area (Å²) in [7, 11) is 1.70. The van der Waals surface area contributed by atoms with Crippen LogP contribution in [0, 0.1) is 0 Å². The Bertz CT molecular complexity index is 853. The van der Waals surface area contributed by atoms with Crippen LogP contribution < -0.4 is 5.32 Å². The normalized spacial score (nSPS) is 11.1. The van der Waals surface area contributed by atoms with Crippen molar-refractivity contribution >= 4 is 28.1 Å². The highest BCUT2D eigenvalue weighted by Crippen LogP contribution is 2.30. The van der Waals surface area contributed by atoms with Gasteiger partial charge in [0.25, 0.3) is 5.91 Å². The molecule has 0 aliphatic heterocycles. The van der Waals surface area contributed by atoms with Gasteiger partial charge in [0.15, 0.2) is 0 Å². The zero-order chi connectivity index (χ0) is 17.6. The maximum atomic E-state index is 12.2. The Kier molecular flexibility index (Phi) is 5.83. The Morgan fingerprint density at radius 1 is 1.36 bits per heavy atom. The summed E-state index contributed by atoms with van der Waals surface area (Å²) in [6, 6.07) is 10.4. The van der Waals surface area contributed by atoms with Gasteiger partial charge >= 0.3 is 0 Å². The quantitative estimate of drug-likeness (QED) is 0.621. The number of carbonyl (C=O) groups excluding carboxylic acids is 1. The van der Waals surface area contributed by atoms with Crippen molar-refractivity contribution in [3.05, 3.63) is 41.4 Å². The summed E-state index contributed by atoms with van der Waals surface area (Å²) < 4.78 is 7.46. The van der Waals surface area contributed by atoms with Gasteiger partial charge in [-0.3, -0.25) is 4.79 Å². The van der Waals surface area contributed by atoms with Gasteiger partial charge in [-0.2, -0.15) is 0 Å². The Morgan fingerprint density at radius 2 is 2.20 bits per heavy atom. The number of rotatable bonds is 8. The predicted molar refractivity (Wildman–Crippen MR) is 102 cm³/mol. The number of benzene rings is 1. The van der Waals surface area contributed by atoms with Gasteiger partial charge in [-0.1, -0.05) is 31.5 Å². The third-order valence-corrected chi connectivity index (χ3v) is 4.97. The predicted octanol–water partition coefficient (Wildman–Crippen LogP) is 3.94. The molecule has 0 bridgehead atoms. The van der Waals surface area contributed by atoms with Crippen LogP contribution in [0.5, 0.6) is 0 Å². The number of hydrogen-bond acceptors (Lipinski definition) is 4. The van der Waals surface area contributed by atoms with E-state index in [1.807, 2.05) is 17.5 Å². The minimum atomic E-state index is -0.101. The average molecular weight is 357 g/mol. The van der Waals surface area contributed by atoms with Crippen LogP contribution in [0.1, 0.15) is 30.3 Å². The molecule has 1 aromatic carbocycles. The number of methoxy groups -OCH3 is 1. The minimum absolute atomic E-state index is 0.101. The molecule has 1 N–H and O–H groups in total. The van der Waals surface area contributed by atoms with E-state index < -0.39 is 0 Å². The Morgan fingerprint density at radius 3 is 3.00 bits per heavy atom. The number of hydrogen-bond donors (Lipinski definition) is 1. The maximum absolute atomic E-state index is 12.2. The molecule has 0 spiro atoms. The number of ether oxygens (including phenoxy) is 1. The molecule has 0 saturated carbocycles. The Hall–Kier alpha value is -2.18. The van der Waals surface area contributed by atoms with Crippen molar-refractivity contribution < 1.29 is 9.53 Å². The maximum Gasteiger partial charge on any atom is 0.270 e. The van der Waals surface area contributed by atoms with Crippen molar-refractivity contribution in [2.24, 2.45) is 0 Å². The number of nitrogens with zero attached hydrogens (tertiary/aromatic N) is 2. The summed E-state index contributed by atoms with van der Waals surface area (Å²) in [4.78, 5) is 16.8. The largest absolute Gasteiger partial charge is 0.383 e. The second-order valence-electron chi connectivity index (χ2n) is 5.88. The van der Waals surface area contributed by atoms with Crippen molar-refractivity contribution in [1.29, 1.82) is 0 Å². The molecule has 0 atom stereocenters. The van der Waals surface area contributed by atoms with Gasteiger partial charge in [-0.25, -0.2) is 4.98 Å². The Balaban J connectivity index is 1.90. The first-order valence-corrected chi connectivity index (χ1v) is 9.44. The van der Waals surface area contributed by atoms with Crippen molar-refractivity contribution in [2.45, 2.75) is 26.3 Å². The van der Waals surface area contributed by atoms with Crippen LogP contribution in [0.4, 0.5) is 0 Å². The van der Waals surface area contributed by atoms with Crippen LogP contribution in [-0.4, -0.2) is 35.7 Å². The molecule has 0 aliphatic carbocycles. The van der Waals surface area contributed by atoms with E-state index in [1.165, 1.54) is 11.3 Å². The molecule has 3 aromatic rings. The van der Waals surface area contributed by atoms with E-state index in [2.05, 4.69) is 40.0 Å². The van der Waals surface area contributed by atoms with Crippen LogP contribution in [0.15, 0.2) is 35.7 Å². The number of para-hydroxylation sites is 1. The third kappa shape index (κ3) is 3.91. The first-order chi connectivity index (χ1) is 12.2. The smallest absolute Gasteiger partial charge is 0.270 e. The van der Waals surface area contributed by atoms with Crippen molar-refractivity contribution in [1.82, 2.24) is 14.9 Å². The van der Waals surface area contributed by atoms with Gasteiger partial charge in [0.1, 0.15) is 10.7 Å². The highest BCUT2D eigenvalue weighted by Gasteiger charge is 2.16. The molecule has 0 saturated heterocycles. The summed E-state index contributed by atoms with van der Waals surface area (Å²) in [5, 5.41) is 6.77. The molecule has 0 radical (unpaired) electrons. The van der Waals surface area contributed by atoms with Gasteiger partial charge in [0.05, 0.1) is 12.3 Å². The van der Waals surface area contributed by atoms with Gasteiger partial charge in [-0.05, 0) is 18.6 Å². The number of aromatic nitrogens is 2. The molecule has 0 fully saturated rings. The first kappa shape index (κ1) is 17.6. The molecule has 2 aromatic heterocycles. The fourth-order valence-electron chi connectivity index (χ4n) is 2.78. The van der Waals surface area contributed by atoms with E-state index in [9.17, 15) is 4.79 Å². The fraction of sp³-hybridized carbons (Fsp3) is 0.368. The van der Waals surface area contributed by atoms with Crippen LogP contribution in [0.25, 0.3) is 21.6 Å². The molecular formula is C19H23N3O2S. The number of thiazole rings is 1. The van der Waals surface area contributed by atoms with Crippen LogP contribution >= 0.6 is 11.3 Å². The average Bonchev–Trinajstić information content (AvgIpc) is 3.25. The molecule has 132 valence electrons. The molecule has 6 heteroatoms. The van der Waals surface area contributed by atoms with E-state index in [0.717, 1.165) is 41.0 Å². The highest BCUT2D eigenvalue weighted by molar-refractivity contribution is 7.13. The zero-order valence-corrected chi connectivity index (χ0v) is 15.4. The molecule has 5 nitrogen and oxygen atoms in total. The van der Waals surface area contributed by atoms with Gasteiger partial charge in [0.2, 0.25) is 0 Å². The summed E-state index contributed by atoms with van der Waals surface area (Å²) in [5.74, 6) is -0.101. The van der Waals surface area contributed by atoms with Gasteiger partial charge in [0, 0.05) is 36.5 Å². The minimum Gasteiger partial charge on any atom is -0.383 e. The standard InChI is InChI=1S/C19H23N3O2S/c1-3-4-9-20-18(23)15-13-25-19(21-15)17-12-14-7-5-6-8-16(14)22(17)10-11-24-2/h5-8,12-13H,3-4,9-11H2,1-2H3,(H,20,23). The number of amides is 1. The summed E-state index contributed by atoms with van der Waals surface area (Å²) in [6.07, 6.45) is 2.04. The Labute approximate surface area is 151 Å². The lowest BCUT2D eigenvalue weighted by Crippen LogP contribution is -2.24. The fourth-order valence-corrected chi connectivity index (χ4v) is 3.60. The number of nitrogens with one attached hydrogen (secondary N) is 1. The van der Waals surface area contributed by atoms with Gasteiger partial charge in [-0.15, -0.1) is 11.3 Å². The van der Waals surface area contributed by atoms with Crippen molar-refractivity contribution in [3.63, 3.8) is 0 Å². The summed E-state index contributed by atoms with van der Waals surface area (Å²) in [5.41, 5.74) is 2.66. The van der Waals surface area contributed by atoms with E-state index >= 15 is 0 Å². The second-order valence-corrected chi connectivity index (χ2v) is 6.74. The summed E-state index contributed by atoms with van der Waals surface area (Å²) >= 11 is 1.50. The van der Waals surface area contributed by atoms with E-state index in [-0.39, 0.29) is 5.91 Å². The van der Waals surface area contributed by atoms with Gasteiger partial charge < -0.3 is 14.6 Å². The first-order valence-electron chi connectivity index (χ1n) is 8.56. The second kappa shape index (κ2) is 8.27. The molecular weight excluding hydrogens is 334 g/mol. The number of fused-ring (bicyclic) bond motifs is 1. The molecule has 0 aliphatic rings. The van der Waals surface area contributed by atoms with Crippen LogP contribution in [-0.2, 0) is 11.3 Å². The number of carbonyl (C=O) groups is 1. The number of unbranched alkanes of at least 4 members (excludes halogenated alkanes) is 1. The lowest BCUT2D eigenvalue weighted by molar-refractivity contribution is 0.0949. The molecule has 0 unspecified atom stereocenters. The van der Waals surface area contributed by atoms with Crippen molar-refractivity contribution in [3.8, 4) is 10.7 Å². The van der Waals surface area contributed by atoms with E-state index in [4.69, 9.17) is 4.74 Å². The van der Waals surface area contributed by atoms with Crippen molar-refractivity contribution in [2.75, 3.05) is 20.3 Å². The SMILES string of the molecule is CCCCNC(=O)c1csc(-c2cc3ccccc3n2CCOC)n1. The molecule has 1 amide bonds. The lowest BCUT2D eigenvalue weighted by atomic mass is 10.2. The lowest BCUT2D eigenvalue weighted by Gasteiger charge is -2.08. The topological polar surface area (TPSA) is 56.2 Å². The van der Waals surface area contributed by atoms with E-state index in [0.29, 0.717) is 18.8 Å². The highest BCUT2D eigenvalue weighted by atomic mass is 32.1. The van der Waals surface area contributed by atoms with E-state index in [1.54, 1.807) is 7.11 Å². The third-order valence-electron chi connectivity index (χ3n) is 4.10. The molecule has 25 heavy (non-hydrogen) atoms. The zero-order valence-electron chi connectivity index (χ0n) is 14.6. The van der Waals surface area contributed by atoms with Crippen LogP contribution in [0.2, 0.25) is 0 Å². The van der Waals surface area contributed by atoms with Crippen LogP contribution in [0.3, 0.4) is 0 Å². The molecule has 3 rings (SSSR count). The molecule has 2 heterocycles. The monoisotopic (exact) mass is 357 g/mol. The summed E-state index contributed by atoms with van der Waals surface area (Å²) in [6.45, 7) is 4.17.